The van der Waals surface area contributed by atoms with Gasteiger partial charge in [-0.3, -0.25) is 0 Å². The lowest BCUT2D eigenvalue weighted by atomic mass is 10.2. The van der Waals surface area contributed by atoms with Crippen molar-refractivity contribution in [1.29, 1.82) is 0 Å². The van der Waals surface area contributed by atoms with Crippen LogP contribution in [0.5, 0.6) is 0 Å². The van der Waals surface area contributed by atoms with Crippen molar-refractivity contribution in [2.45, 2.75) is 17.0 Å². The van der Waals surface area contributed by atoms with Crippen molar-refractivity contribution in [3.63, 3.8) is 0 Å². The molecule has 2 aromatic heterocycles. The smallest absolute Gasteiger partial charge is 0.417 e. The number of rotatable bonds is 4. The zero-order chi connectivity index (χ0) is 15.5. The number of alkyl halides is 3. The third kappa shape index (κ3) is 3.91. The Kier molecular flexibility index (Phi) is 4.41. The van der Waals surface area contributed by atoms with Crippen LogP contribution in [-0.4, -0.2) is 26.0 Å². The highest BCUT2D eigenvalue weighted by atomic mass is 32.2. The van der Waals surface area contributed by atoms with Crippen LogP contribution in [-0.2, 0) is 11.9 Å². The Morgan fingerprint density at radius 2 is 2.00 bits per heavy atom. The van der Waals surface area contributed by atoms with Crippen molar-refractivity contribution in [2.24, 2.45) is 0 Å². The standard InChI is InChI=1S/C12H8F3N3O2S/c13-12(14,15)7-1-2-10(17-3-7)21-5-9-8(11(19)20)4-16-6-18-9/h1-4,6H,5H2,(H,19,20). The summed E-state index contributed by atoms with van der Waals surface area (Å²) in [7, 11) is 0. The first-order chi connectivity index (χ1) is 9.88. The van der Waals surface area contributed by atoms with E-state index >= 15 is 0 Å². The first-order valence-corrected chi connectivity index (χ1v) is 6.54. The lowest BCUT2D eigenvalue weighted by molar-refractivity contribution is -0.137. The number of carboxylic acid groups (broad SMARTS) is 1. The Bertz CT molecular complexity index is 647. The van der Waals surface area contributed by atoms with Crippen molar-refractivity contribution in [3.05, 3.63) is 47.7 Å². The quantitative estimate of drug-likeness (QED) is 0.874. The van der Waals surface area contributed by atoms with E-state index < -0.39 is 17.7 Å². The number of carboxylic acids is 1. The van der Waals surface area contributed by atoms with Gasteiger partial charge in [0.1, 0.15) is 11.9 Å². The van der Waals surface area contributed by atoms with Gasteiger partial charge in [0, 0.05) is 18.1 Å². The molecule has 0 saturated heterocycles. The van der Waals surface area contributed by atoms with Gasteiger partial charge < -0.3 is 5.11 Å². The molecule has 0 amide bonds. The van der Waals surface area contributed by atoms with E-state index in [2.05, 4.69) is 15.0 Å². The molecular formula is C12H8F3N3O2S. The first-order valence-electron chi connectivity index (χ1n) is 5.56. The average molecular weight is 315 g/mol. The van der Waals surface area contributed by atoms with Crippen molar-refractivity contribution in [2.75, 3.05) is 0 Å². The van der Waals surface area contributed by atoms with Gasteiger partial charge in [-0.1, -0.05) is 0 Å². The molecule has 0 radical (unpaired) electrons. The minimum Gasteiger partial charge on any atom is -0.478 e. The van der Waals surface area contributed by atoms with Crippen molar-refractivity contribution in [1.82, 2.24) is 15.0 Å². The number of thioether (sulfide) groups is 1. The van der Waals surface area contributed by atoms with E-state index in [0.717, 1.165) is 24.0 Å². The Labute approximate surface area is 121 Å². The minimum absolute atomic E-state index is 0.0445. The van der Waals surface area contributed by atoms with Crippen LogP contribution in [0.15, 0.2) is 35.9 Å². The monoisotopic (exact) mass is 315 g/mol. The largest absolute Gasteiger partial charge is 0.478 e. The number of halogens is 3. The minimum atomic E-state index is -4.43. The molecule has 0 aliphatic heterocycles. The highest BCUT2D eigenvalue weighted by Crippen LogP contribution is 2.30. The lowest BCUT2D eigenvalue weighted by Gasteiger charge is -2.07. The summed E-state index contributed by atoms with van der Waals surface area (Å²) in [6.45, 7) is 0. The van der Waals surface area contributed by atoms with E-state index in [0.29, 0.717) is 5.03 Å². The predicted molar refractivity (Wildman–Crippen MR) is 67.8 cm³/mol. The zero-order valence-corrected chi connectivity index (χ0v) is 11.1. The van der Waals surface area contributed by atoms with E-state index in [-0.39, 0.29) is 17.0 Å². The van der Waals surface area contributed by atoms with Gasteiger partial charge >= 0.3 is 12.1 Å². The van der Waals surface area contributed by atoms with Gasteiger partial charge in [0.15, 0.2) is 0 Å². The van der Waals surface area contributed by atoms with E-state index in [1.807, 2.05) is 0 Å². The van der Waals surface area contributed by atoms with Gasteiger partial charge in [0.25, 0.3) is 0 Å². The molecule has 0 aromatic carbocycles. The Morgan fingerprint density at radius 1 is 1.24 bits per heavy atom. The van der Waals surface area contributed by atoms with Crippen molar-refractivity contribution >= 4 is 17.7 Å². The first kappa shape index (κ1) is 15.2. The molecule has 2 rings (SSSR count). The third-order valence-corrected chi connectivity index (χ3v) is 3.40. The molecule has 5 nitrogen and oxygen atoms in total. The number of hydrogen-bond donors (Lipinski definition) is 1. The van der Waals surface area contributed by atoms with Crippen LogP contribution in [0.2, 0.25) is 0 Å². The van der Waals surface area contributed by atoms with Crippen molar-refractivity contribution in [3.8, 4) is 0 Å². The molecule has 0 aliphatic carbocycles. The molecule has 2 aromatic rings. The molecule has 2 heterocycles. The molecule has 0 aliphatic rings. The van der Waals surface area contributed by atoms with Crippen LogP contribution in [0.25, 0.3) is 0 Å². The molecule has 0 atom stereocenters. The summed E-state index contributed by atoms with van der Waals surface area (Å²) >= 11 is 1.09. The maximum absolute atomic E-state index is 12.4. The molecular weight excluding hydrogens is 307 g/mol. The van der Waals surface area contributed by atoms with E-state index in [1.165, 1.54) is 18.6 Å². The second-order valence-corrected chi connectivity index (χ2v) is 4.86. The maximum Gasteiger partial charge on any atom is 0.417 e. The molecule has 0 spiro atoms. The van der Waals surface area contributed by atoms with Gasteiger partial charge in [-0.15, -0.1) is 11.8 Å². The topological polar surface area (TPSA) is 76.0 Å². The summed E-state index contributed by atoms with van der Waals surface area (Å²) in [6.07, 6.45) is -1.31. The number of aromatic carboxylic acids is 1. The second-order valence-electron chi connectivity index (χ2n) is 3.86. The number of aromatic nitrogens is 3. The molecule has 110 valence electrons. The van der Waals surface area contributed by atoms with Crippen molar-refractivity contribution < 1.29 is 23.1 Å². The van der Waals surface area contributed by atoms with Crippen LogP contribution in [0.4, 0.5) is 13.2 Å². The van der Waals surface area contributed by atoms with E-state index in [4.69, 9.17) is 5.11 Å². The predicted octanol–water partition coefficient (Wildman–Crippen LogP) is 2.88. The number of hydrogen-bond acceptors (Lipinski definition) is 5. The summed E-state index contributed by atoms with van der Waals surface area (Å²) in [5.41, 5.74) is -0.596. The summed E-state index contributed by atoms with van der Waals surface area (Å²) in [6, 6.07) is 2.16. The van der Waals surface area contributed by atoms with Gasteiger partial charge in [0.2, 0.25) is 0 Å². The fourth-order valence-electron chi connectivity index (χ4n) is 1.42. The number of pyridine rings is 1. The number of carbonyl (C=O) groups is 1. The second kappa shape index (κ2) is 6.08. The molecule has 1 N–H and O–H groups in total. The van der Waals surface area contributed by atoms with Gasteiger partial charge in [-0.05, 0) is 12.1 Å². The van der Waals surface area contributed by atoms with Crippen LogP contribution in [0.1, 0.15) is 21.6 Å². The average Bonchev–Trinajstić information content (AvgIpc) is 2.45. The Morgan fingerprint density at radius 3 is 2.57 bits per heavy atom. The van der Waals surface area contributed by atoms with Gasteiger partial charge in [-0.2, -0.15) is 13.2 Å². The highest BCUT2D eigenvalue weighted by Gasteiger charge is 2.30. The van der Waals surface area contributed by atoms with Gasteiger partial charge in [-0.25, -0.2) is 19.7 Å². The number of nitrogens with zero attached hydrogens (tertiary/aromatic N) is 3. The van der Waals surface area contributed by atoms with Gasteiger partial charge in [0.05, 0.1) is 16.3 Å². The van der Waals surface area contributed by atoms with Crippen LogP contribution in [0, 0.1) is 0 Å². The van der Waals surface area contributed by atoms with E-state index in [9.17, 15) is 18.0 Å². The summed E-state index contributed by atoms with van der Waals surface area (Å²) in [5.74, 6) is -0.991. The maximum atomic E-state index is 12.4. The molecule has 9 heteroatoms. The SMILES string of the molecule is O=C(O)c1cncnc1CSc1ccc(C(F)(F)F)cn1. The van der Waals surface area contributed by atoms with Crippen LogP contribution < -0.4 is 0 Å². The zero-order valence-electron chi connectivity index (χ0n) is 10.3. The fraction of sp³-hybridized carbons (Fsp3) is 0.167. The Balaban J connectivity index is 2.09. The lowest BCUT2D eigenvalue weighted by Crippen LogP contribution is -2.06. The fourth-order valence-corrected chi connectivity index (χ4v) is 2.23. The van der Waals surface area contributed by atoms with E-state index in [1.54, 1.807) is 0 Å². The highest BCUT2D eigenvalue weighted by molar-refractivity contribution is 7.98. The van der Waals surface area contributed by atoms with Crippen LogP contribution >= 0.6 is 11.8 Å². The molecule has 21 heavy (non-hydrogen) atoms. The normalized spacial score (nSPS) is 11.4. The molecule has 0 saturated carbocycles. The molecule has 0 unspecified atom stereocenters. The summed E-state index contributed by atoms with van der Waals surface area (Å²) in [5, 5.41) is 9.30. The summed E-state index contributed by atoms with van der Waals surface area (Å²) < 4.78 is 37.1. The van der Waals surface area contributed by atoms with Crippen LogP contribution in [0.3, 0.4) is 0 Å². The third-order valence-electron chi connectivity index (χ3n) is 2.45. The summed E-state index contributed by atoms with van der Waals surface area (Å²) in [4.78, 5) is 22.1. The molecule has 0 bridgehead atoms. The molecule has 0 fully saturated rings. The Hall–Kier alpha value is -2.16.